The first kappa shape index (κ1) is 13.4. The molecule has 100 valence electrons. The van der Waals surface area contributed by atoms with Gasteiger partial charge >= 0.3 is 0 Å². The van der Waals surface area contributed by atoms with Gasteiger partial charge in [0.1, 0.15) is 0 Å². The van der Waals surface area contributed by atoms with Crippen molar-refractivity contribution in [2.75, 3.05) is 20.1 Å². The molecule has 1 aliphatic heterocycles. The first-order chi connectivity index (χ1) is 7.85. The summed E-state index contributed by atoms with van der Waals surface area (Å²) in [6.07, 6.45) is 5.39. The monoisotopic (exact) mass is 238 g/mol. The lowest BCUT2D eigenvalue weighted by molar-refractivity contribution is 0.0915. The summed E-state index contributed by atoms with van der Waals surface area (Å²) in [6.45, 7) is 12.2. The van der Waals surface area contributed by atoms with E-state index in [0.717, 1.165) is 12.0 Å². The van der Waals surface area contributed by atoms with Crippen LogP contribution in [-0.4, -0.2) is 36.6 Å². The van der Waals surface area contributed by atoms with Crippen molar-refractivity contribution < 1.29 is 0 Å². The highest BCUT2D eigenvalue weighted by atomic mass is 15.2. The molecule has 0 aromatic carbocycles. The number of piperidine rings is 1. The molecule has 0 radical (unpaired) electrons. The fraction of sp³-hybridized carbons (Fsp3) is 1.00. The van der Waals surface area contributed by atoms with E-state index in [4.69, 9.17) is 0 Å². The van der Waals surface area contributed by atoms with Gasteiger partial charge in [-0.25, -0.2) is 0 Å². The Morgan fingerprint density at radius 2 is 1.65 bits per heavy atom. The van der Waals surface area contributed by atoms with E-state index in [9.17, 15) is 0 Å². The third kappa shape index (κ3) is 2.85. The standard InChI is InChI=1S/C15H30N2/c1-12-10-14(2,3)11-13(12)17-8-6-15(4,16-5)7-9-17/h12-13,16H,6-11H2,1-5H3. The Morgan fingerprint density at radius 1 is 1.06 bits per heavy atom. The van der Waals surface area contributed by atoms with Crippen LogP contribution in [0.25, 0.3) is 0 Å². The quantitative estimate of drug-likeness (QED) is 0.796. The Hall–Kier alpha value is -0.0800. The summed E-state index contributed by atoms with van der Waals surface area (Å²) in [6, 6.07) is 0.839. The Kier molecular flexibility index (Phi) is 3.57. The highest BCUT2D eigenvalue weighted by Crippen LogP contribution is 2.44. The van der Waals surface area contributed by atoms with Crippen molar-refractivity contribution in [3.8, 4) is 0 Å². The van der Waals surface area contributed by atoms with Crippen LogP contribution in [0.2, 0.25) is 0 Å². The average Bonchev–Trinajstić information content (AvgIpc) is 2.53. The van der Waals surface area contributed by atoms with Gasteiger partial charge in [0.05, 0.1) is 0 Å². The van der Waals surface area contributed by atoms with Crippen molar-refractivity contribution in [3.63, 3.8) is 0 Å². The number of likely N-dealkylation sites (tertiary alicyclic amines) is 1. The van der Waals surface area contributed by atoms with Crippen molar-refractivity contribution in [2.45, 2.75) is 65.0 Å². The molecule has 0 amide bonds. The second kappa shape index (κ2) is 4.55. The molecule has 17 heavy (non-hydrogen) atoms. The Balaban J connectivity index is 1.93. The van der Waals surface area contributed by atoms with E-state index in [1.54, 1.807) is 0 Å². The minimum absolute atomic E-state index is 0.383. The van der Waals surface area contributed by atoms with Gasteiger partial charge in [0.15, 0.2) is 0 Å². The molecule has 0 bridgehead atoms. The molecular formula is C15H30N2. The topological polar surface area (TPSA) is 15.3 Å². The van der Waals surface area contributed by atoms with E-state index in [1.165, 1.54) is 38.8 Å². The molecule has 2 atom stereocenters. The number of hydrogen-bond donors (Lipinski definition) is 1. The number of nitrogens with zero attached hydrogens (tertiary/aromatic N) is 1. The maximum atomic E-state index is 3.49. The van der Waals surface area contributed by atoms with Crippen molar-refractivity contribution >= 4 is 0 Å². The summed E-state index contributed by atoms with van der Waals surface area (Å²) in [5, 5.41) is 3.49. The van der Waals surface area contributed by atoms with Crippen molar-refractivity contribution in [1.29, 1.82) is 0 Å². The summed E-state index contributed by atoms with van der Waals surface area (Å²) in [4.78, 5) is 2.76. The number of nitrogens with one attached hydrogen (secondary N) is 1. The maximum absolute atomic E-state index is 3.49. The lowest BCUT2D eigenvalue weighted by atomic mass is 9.88. The summed E-state index contributed by atoms with van der Waals surface area (Å²) < 4.78 is 0. The smallest absolute Gasteiger partial charge is 0.0174 e. The van der Waals surface area contributed by atoms with Crippen LogP contribution in [0.15, 0.2) is 0 Å². The van der Waals surface area contributed by atoms with E-state index in [1.807, 2.05) is 0 Å². The number of rotatable bonds is 2. The fourth-order valence-electron chi connectivity index (χ4n) is 3.95. The van der Waals surface area contributed by atoms with E-state index in [-0.39, 0.29) is 0 Å². The van der Waals surface area contributed by atoms with Gasteiger partial charge in [-0.3, -0.25) is 4.90 Å². The average molecular weight is 238 g/mol. The third-order valence-electron chi connectivity index (χ3n) is 5.27. The minimum Gasteiger partial charge on any atom is -0.314 e. The first-order valence-electron chi connectivity index (χ1n) is 7.28. The predicted molar refractivity (Wildman–Crippen MR) is 74.2 cm³/mol. The lowest BCUT2D eigenvalue weighted by Gasteiger charge is -2.43. The molecule has 0 aromatic rings. The van der Waals surface area contributed by atoms with E-state index < -0.39 is 0 Å². The van der Waals surface area contributed by atoms with Crippen LogP contribution in [0, 0.1) is 11.3 Å². The molecule has 1 saturated heterocycles. The molecule has 1 aliphatic carbocycles. The Bertz CT molecular complexity index is 264. The molecular weight excluding hydrogens is 208 g/mol. The molecule has 2 unspecified atom stereocenters. The van der Waals surface area contributed by atoms with Gasteiger partial charge in [0.2, 0.25) is 0 Å². The van der Waals surface area contributed by atoms with Gasteiger partial charge in [-0.2, -0.15) is 0 Å². The van der Waals surface area contributed by atoms with E-state index in [0.29, 0.717) is 11.0 Å². The summed E-state index contributed by atoms with van der Waals surface area (Å²) >= 11 is 0. The van der Waals surface area contributed by atoms with Gasteiger partial charge in [-0.05, 0) is 51.0 Å². The molecule has 1 saturated carbocycles. The highest BCUT2D eigenvalue weighted by Gasteiger charge is 2.41. The van der Waals surface area contributed by atoms with Crippen LogP contribution in [0.5, 0.6) is 0 Å². The molecule has 1 N–H and O–H groups in total. The molecule has 2 heteroatoms. The largest absolute Gasteiger partial charge is 0.314 e. The molecule has 2 fully saturated rings. The minimum atomic E-state index is 0.383. The predicted octanol–water partition coefficient (Wildman–Crippen LogP) is 2.89. The molecule has 2 rings (SSSR count). The van der Waals surface area contributed by atoms with E-state index in [2.05, 4.69) is 45.0 Å². The zero-order valence-corrected chi connectivity index (χ0v) is 12.3. The van der Waals surface area contributed by atoms with Crippen LogP contribution in [0.3, 0.4) is 0 Å². The zero-order valence-electron chi connectivity index (χ0n) is 12.3. The van der Waals surface area contributed by atoms with Gasteiger partial charge < -0.3 is 5.32 Å². The van der Waals surface area contributed by atoms with Crippen LogP contribution in [0.4, 0.5) is 0 Å². The fourth-order valence-corrected chi connectivity index (χ4v) is 3.95. The van der Waals surface area contributed by atoms with Crippen LogP contribution < -0.4 is 5.32 Å². The van der Waals surface area contributed by atoms with Gasteiger partial charge in [0, 0.05) is 24.7 Å². The summed E-state index contributed by atoms with van der Waals surface area (Å²) in [5.74, 6) is 0.879. The van der Waals surface area contributed by atoms with Crippen LogP contribution >= 0.6 is 0 Å². The van der Waals surface area contributed by atoms with Gasteiger partial charge in [-0.15, -0.1) is 0 Å². The van der Waals surface area contributed by atoms with Gasteiger partial charge in [0.25, 0.3) is 0 Å². The van der Waals surface area contributed by atoms with Gasteiger partial charge in [-0.1, -0.05) is 20.8 Å². The van der Waals surface area contributed by atoms with Crippen LogP contribution in [-0.2, 0) is 0 Å². The summed E-state index contributed by atoms with van der Waals surface area (Å²) in [5.41, 5.74) is 0.946. The van der Waals surface area contributed by atoms with Crippen molar-refractivity contribution in [3.05, 3.63) is 0 Å². The summed E-state index contributed by atoms with van der Waals surface area (Å²) in [7, 11) is 2.11. The van der Waals surface area contributed by atoms with E-state index >= 15 is 0 Å². The zero-order chi connectivity index (χ0) is 12.7. The highest BCUT2D eigenvalue weighted by molar-refractivity contribution is 4.96. The maximum Gasteiger partial charge on any atom is 0.0174 e. The number of hydrogen-bond acceptors (Lipinski definition) is 2. The van der Waals surface area contributed by atoms with Crippen LogP contribution in [0.1, 0.15) is 53.4 Å². The third-order valence-corrected chi connectivity index (χ3v) is 5.27. The molecule has 0 spiro atoms. The van der Waals surface area contributed by atoms with Crippen molar-refractivity contribution in [1.82, 2.24) is 10.2 Å². The SMILES string of the molecule is CNC1(C)CCN(C2CC(C)(C)CC2C)CC1. The lowest BCUT2D eigenvalue weighted by Crippen LogP contribution is -2.53. The molecule has 2 aliphatic rings. The molecule has 2 nitrogen and oxygen atoms in total. The Labute approximate surface area is 107 Å². The molecule has 1 heterocycles. The normalized spacial score (nSPS) is 37.2. The molecule has 0 aromatic heterocycles. The first-order valence-corrected chi connectivity index (χ1v) is 7.28. The second-order valence-corrected chi connectivity index (χ2v) is 7.46. The Morgan fingerprint density at radius 3 is 2.06 bits per heavy atom. The van der Waals surface area contributed by atoms with Crippen molar-refractivity contribution in [2.24, 2.45) is 11.3 Å². The second-order valence-electron chi connectivity index (χ2n) is 7.46.